The lowest BCUT2D eigenvalue weighted by Gasteiger charge is -2.37. The van der Waals surface area contributed by atoms with Crippen LogP contribution in [0.1, 0.15) is 31.7 Å². The van der Waals surface area contributed by atoms with E-state index < -0.39 is 0 Å². The smallest absolute Gasteiger partial charge is 0.229 e. The van der Waals surface area contributed by atoms with E-state index in [1.807, 2.05) is 24.5 Å². The predicted octanol–water partition coefficient (Wildman–Crippen LogP) is 6.81. The van der Waals surface area contributed by atoms with E-state index in [1.54, 1.807) is 20.4 Å². The summed E-state index contributed by atoms with van der Waals surface area (Å²) in [4.78, 5) is 14.0. The molecular weight excluding hydrogens is 546 g/mol. The second-order valence-electron chi connectivity index (χ2n) is 9.97. The highest BCUT2D eigenvalue weighted by Crippen LogP contribution is 2.38. The third-order valence-corrected chi connectivity index (χ3v) is 7.84. The molecule has 2 heterocycles. The Morgan fingerprint density at radius 3 is 2.48 bits per heavy atom. The van der Waals surface area contributed by atoms with Gasteiger partial charge in [-0.3, -0.25) is 0 Å². The van der Waals surface area contributed by atoms with Crippen LogP contribution in [-0.4, -0.2) is 68.6 Å². The van der Waals surface area contributed by atoms with Gasteiger partial charge >= 0.3 is 0 Å². The third kappa shape index (κ3) is 7.16. The van der Waals surface area contributed by atoms with Crippen LogP contribution in [0.4, 0.5) is 34.5 Å². The fourth-order valence-electron chi connectivity index (χ4n) is 4.98. The molecule has 1 aliphatic heterocycles. The summed E-state index contributed by atoms with van der Waals surface area (Å²) in [6.07, 6.45) is 7.87. The van der Waals surface area contributed by atoms with Crippen molar-refractivity contribution in [3.63, 3.8) is 0 Å². The standard InChI is InChI=1S/C29H40ClN7O2S/c1-7-8-19-15-25(27(39-5)17-26(19)37-13-11-20(12-14-37)36(2)3)33-29-31-18-22(30)28(34-29)32-23-10-9-21(38-4)16-24(23)35-40-6/h9-10,15-18,20,35H,7-8,11-14H2,1-6H3,(H2,31,32,33,34). The van der Waals surface area contributed by atoms with Crippen LogP contribution in [0.5, 0.6) is 11.5 Å². The molecule has 3 aromatic rings. The Morgan fingerprint density at radius 1 is 1.05 bits per heavy atom. The lowest BCUT2D eigenvalue weighted by atomic mass is 10.00. The first-order chi connectivity index (χ1) is 19.4. The second kappa shape index (κ2) is 14.0. The van der Waals surface area contributed by atoms with Crippen molar-refractivity contribution in [2.24, 2.45) is 0 Å². The Kier molecular flexibility index (Phi) is 10.5. The summed E-state index contributed by atoms with van der Waals surface area (Å²) in [5, 5.41) is 7.12. The molecule has 0 amide bonds. The molecule has 1 fully saturated rings. The Labute approximate surface area is 247 Å². The summed E-state index contributed by atoms with van der Waals surface area (Å²) >= 11 is 7.99. The van der Waals surface area contributed by atoms with Crippen LogP contribution in [0.25, 0.3) is 0 Å². The molecule has 216 valence electrons. The molecule has 0 atom stereocenters. The van der Waals surface area contributed by atoms with Gasteiger partial charge in [-0.15, -0.1) is 0 Å². The summed E-state index contributed by atoms with van der Waals surface area (Å²) in [5.41, 5.74) is 5.01. The quantitative estimate of drug-likeness (QED) is 0.197. The lowest BCUT2D eigenvalue weighted by molar-refractivity contribution is 0.249. The van der Waals surface area contributed by atoms with Crippen LogP contribution in [-0.2, 0) is 6.42 Å². The van der Waals surface area contributed by atoms with Crippen molar-refractivity contribution < 1.29 is 9.47 Å². The number of aromatic nitrogens is 2. The average Bonchev–Trinajstić information content (AvgIpc) is 2.96. The number of benzene rings is 2. The molecule has 0 unspecified atom stereocenters. The number of rotatable bonds is 12. The van der Waals surface area contributed by atoms with Crippen LogP contribution in [0, 0.1) is 0 Å². The molecule has 0 bridgehead atoms. The molecular formula is C29H40ClN7O2S. The molecule has 0 aliphatic carbocycles. The van der Waals surface area contributed by atoms with Gasteiger partial charge in [-0.25, -0.2) is 4.98 Å². The Bertz CT molecular complexity index is 1290. The molecule has 40 heavy (non-hydrogen) atoms. The van der Waals surface area contributed by atoms with E-state index in [2.05, 4.69) is 63.3 Å². The van der Waals surface area contributed by atoms with E-state index in [9.17, 15) is 0 Å². The number of nitrogens with one attached hydrogen (secondary N) is 3. The summed E-state index contributed by atoms with van der Waals surface area (Å²) in [7, 11) is 7.68. The number of anilines is 6. The van der Waals surface area contributed by atoms with Crippen LogP contribution in [0.3, 0.4) is 0 Å². The number of halogens is 1. The number of hydrogen-bond acceptors (Lipinski definition) is 10. The summed E-state index contributed by atoms with van der Waals surface area (Å²) in [5.74, 6) is 2.40. The minimum absolute atomic E-state index is 0.409. The molecule has 11 heteroatoms. The SMILES string of the molecule is CCCc1cc(Nc2ncc(Cl)c(Nc3ccc(OC)cc3NSC)n2)c(OC)cc1N1CCC(N(C)C)CC1. The fraction of sp³-hybridized carbons (Fsp3) is 0.448. The molecule has 3 N–H and O–H groups in total. The van der Waals surface area contributed by atoms with Gasteiger partial charge in [0.2, 0.25) is 5.95 Å². The lowest BCUT2D eigenvalue weighted by Crippen LogP contribution is -2.42. The van der Waals surface area contributed by atoms with E-state index in [0.717, 1.165) is 67.3 Å². The Morgan fingerprint density at radius 2 is 1.82 bits per heavy atom. The zero-order valence-corrected chi connectivity index (χ0v) is 25.7. The molecule has 0 radical (unpaired) electrons. The topological polar surface area (TPSA) is 86.8 Å². The minimum atomic E-state index is 0.409. The normalized spacial score (nSPS) is 13.8. The van der Waals surface area contributed by atoms with Crippen LogP contribution in [0.2, 0.25) is 5.02 Å². The van der Waals surface area contributed by atoms with Crippen molar-refractivity contribution in [3.05, 3.63) is 47.1 Å². The van der Waals surface area contributed by atoms with E-state index in [0.29, 0.717) is 22.8 Å². The highest BCUT2D eigenvalue weighted by atomic mass is 35.5. The molecule has 9 nitrogen and oxygen atoms in total. The van der Waals surface area contributed by atoms with Gasteiger partial charge in [-0.1, -0.05) is 36.9 Å². The van der Waals surface area contributed by atoms with Crippen LogP contribution in [0.15, 0.2) is 36.5 Å². The van der Waals surface area contributed by atoms with Crippen molar-refractivity contribution in [2.75, 3.05) is 67.9 Å². The molecule has 4 rings (SSSR count). The number of piperidine rings is 1. The van der Waals surface area contributed by atoms with Crippen molar-refractivity contribution in [2.45, 2.75) is 38.6 Å². The van der Waals surface area contributed by atoms with Gasteiger partial charge in [0.15, 0.2) is 5.82 Å². The number of methoxy groups -OCH3 is 2. The molecule has 2 aromatic carbocycles. The van der Waals surface area contributed by atoms with Crippen molar-refractivity contribution >= 4 is 58.1 Å². The van der Waals surface area contributed by atoms with Gasteiger partial charge in [-0.2, -0.15) is 4.98 Å². The Balaban J connectivity index is 1.60. The first-order valence-corrected chi connectivity index (χ1v) is 15.1. The van der Waals surface area contributed by atoms with Gasteiger partial charge in [-0.05, 0) is 57.1 Å². The fourth-order valence-corrected chi connectivity index (χ4v) is 5.51. The Hall–Kier alpha value is -3.08. The molecule has 1 aliphatic rings. The summed E-state index contributed by atoms with van der Waals surface area (Å²) in [6.45, 7) is 4.27. The maximum Gasteiger partial charge on any atom is 0.229 e. The zero-order chi connectivity index (χ0) is 28.6. The summed E-state index contributed by atoms with van der Waals surface area (Å²) < 4.78 is 14.5. The van der Waals surface area contributed by atoms with Crippen molar-refractivity contribution in [1.82, 2.24) is 14.9 Å². The first-order valence-electron chi connectivity index (χ1n) is 13.5. The average molecular weight is 586 g/mol. The highest BCUT2D eigenvalue weighted by Gasteiger charge is 2.24. The maximum absolute atomic E-state index is 6.50. The number of aryl methyl sites for hydroxylation is 1. The number of hydrogen-bond donors (Lipinski definition) is 3. The largest absolute Gasteiger partial charge is 0.497 e. The molecule has 1 aromatic heterocycles. The number of ether oxygens (including phenoxy) is 2. The predicted molar refractivity (Wildman–Crippen MR) is 170 cm³/mol. The van der Waals surface area contributed by atoms with Gasteiger partial charge in [0.1, 0.15) is 16.5 Å². The second-order valence-corrected chi connectivity index (χ2v) is 11.0. The van der Waals surface area contributed by atoms with Gasteiger partial charge in [0.25, 0.3) is 0 Å². The van der Waals surface area contributed by atoms with Crippen LogP contribution < -0.4 is 29.7 Å². The van der Waals surface area contributed by atoms with Crippen molar-refractivity contribution in [3.8, 4) is 11.5 Å². The monoisotopic (exact) mass is 585 g/mol. The van der Waals surface area contributed by atoms with Gasteiger partial charge in [0, 0.05) is 43.2 Å². The van der Waals surface area contributed by atoms with Crippen molar-refractivity contribution in [1.29, 1.82) is 0 Å². The summed E-state index contributed by atoms with van der Waals surface area (Å²) in [6, 6.07) is 10.7. The third-order valence-electron chi connectivity index (χ3n) is 7.14. The van der Waals surface area contributed by atoms with E-state index in [4.69, 9.17) is 26.1 Å². The van der Waals surface area contributed by atoms with Crippen LogP contribution >= 0.6 is 23.5 Å². The van der Waals surface area contributed by atoms with E-state index in [1.165, 1.54) is 23.2 Å². The molecule has 1 saturated heterocycles. The minimum Gasteiger partial charge on any atom is -0.497 e. The van der Waals surface area contributed by atoms with E-state index >= 15 is 0 Å². The first kappa shape index (κ1) is 29.9. The van der Waals surface area contributed by atoms with Gasteiger partial charge in [0.05, 0.1) is 37.5 Å². The maximum atomic E-state index is 6.50. The number of nitrogens with zero attached hydrogens (tertiary/aromatic N) is 4. The van der Waals surface area contributed by atoms with E-state index in [-0.39, 0.29) is 0 Å². The zero-order valence-electron chi connectivity index (χ0n) is 24.2. The highest BCUT2D eigenvalue weighted by molar-refractivity contribution is 7.99. The molecule has 0 spiro atoms. The molecule has 0 saturated carbocycles. The van der Waals surface area contributed by atoms with Gasteiger partial charge < -0.3 is 34.6 Å².